The van der Waals surface area contributed by atoms with Crippen molar-refractivity contribution in [3.05, 3.63) is 46.0 Å². The van der Waals surface area contributed by atoms with Crippen molar-refractivity contribution in [2.24, 2.45) is 17.3 Å². The fraction of sp³-hybridized carbons (Fsp3) is 0.400. The number of hydrogen-bond acceptors (Lipinski definition) is 6. The molecule has 0 aliphatic carbocycles. The number of rotatable bonds is 7. The first kappa shape index (κ1) is 18.5. The van der Waals surface area contributed by atoms with E-state index in [0.29, 0.717) is 19.4 Å². The predicted octanol–water partition coefficient (Wildman–Crippen LogP) is 0.943. The van der Waals surface area contributed by atoms with E-state index in [9.17, 15) is 13.0 Å². The molecule has 0 saturated heterocycles. The average molecular weight is 368 g/mol. The minimum Gasteiger partial charge on any atom is -0.748 e. The normalized spacial score (nSPS) is 13.0. The van der Waals surface area contributed by atoms with Gasteiger partial charge < -0.3 is 9.12 Å². The second-order valence-electron chi connectivity index (χ2n) is 5.41. The lowest BCUT2D eigenvalue weighted by atomic mass is 10.3. The van der Waals surface area contributed by atoms with Crippen LogP contribution in [0.25, 0.3) is 0 Å². The number of aryl methyl sites for hydroxylation is 2. The van der Waals surface area contributed by atoms with Gasteiger partial charge in [0.15, 0.2) is 12.4 Å². The molecule has 0 aliphatic rings. The first-order valence-corrected chi connectivity index (χ1v) is 9.92. The number of unbranched alkanes of at least 4 members (excludes halogenated alkanes) is 1. The van der Waals surface area contributed by atoms with Gasteiger partial charge in [0.2, 0.25) is 4.80 Å². The number of pyridine rings is 1. The summed E-state index contributed by atoms with van der Waals surface area (Å²) in [6.45, 7) is 2.66. The van der Waals surface area contributed by atoms with Crippen LogP contribution in [0.2, 0.25) is 0 Å². The molecule has 0 amide bonds. The lowest BCUT2D eigenvalue weighted by Crippen LogP contribution is -2.33. The highest BCUT2D eigenvalue weighted by atomic mass is 32.2. The van der Waals surface area contributed by atoms with Crippen LogP contribution in [-0.4, -0.2) is 29.5 Å². The van der Waals surface area contributed by atoms with Crippen LogP contribution in [0.3, 0.4) is 0 Å². The van der Waals surface area contributed by atoms with Crippen molar-refractivity contribution in [1.82, 2.24) is 4.57 Å². The SMILES string of the molecule is Cc1cs/c(=N\N=C\c2ccc[n+](CCCCS(=O)(=O)[O-])c2)n1C. The van der Waals surface area contributed by atoms with Crippen molar-refractivity contribution in [3.63, 3.8) is 0 Å². The summed E-state index contributed by atoms with van der Waals surface area (Å²) in [5.41, 5.74) is 2.03. The summed E-state index contributed by atoms with van der Waals surface area (Å²) in [4.78, 5) is 0.825. The standard InChI is InChI=1S/C15H20N4O3S2/c1-13-12-23-15(18(13)2)17-16-10-14-6-5-8-19(11-14)7-3-4-9-24(20,21)22/h5-6,8,10-12H,3-4,7,9H2,1-2H3/b16-10+,17-15-. The fourth-order valence-corrected chi connectivity index (χ4v) is 3.40. The van der Waals surface area contributed by atoms with Crippen molar-refractivity contribution in [3.8, 4) is 0 Å². The van der Waals surface area contributed by atoms with Crippen LogP contribution in [0.4, 0.5) is 0 Å². The van der Waals surface area contributed by atoms with E-state index >= 15 is 0 Å². The van der Waals surface area contributed by atoms with Crippen molar-refractivity contribution in [2.75, 3.05) is 5.75 Å². The molecule has 2 aromatic heterocycles. The van der Waals surface area contributed by atoms with Gasteiger partial charge in [-0.3, -0.25) is 0 Å². The van der Waals surface area contributed by atoms with Crippen molar-refractivity contribution >= 4 is 27.7 Å². The maximum absolute atomic E-state index is 10.6. The van der Waals surface area contributed by atoms with Crippen LogP contribution < -0.4 is 9.37 Å². The van der Waals surface area contributed by atoms with Crippen molar-refractivity contribution in [1.29, 1.82) is 0 Å². The zero-order chi connectivity index (χ0) is 17.6. The molecule has 0 bridgehead atoms. The predicted molar refractivity (Wildman–Crippen MR) is 91.6 cm³/mol. The van der Waals surface area contributed by atoms with E-state index in [1.165, 1.54) is 11.3 Å². The third-order valence-electron chi connectivity index (χ3n) is 3.44. The third-order valence-corrected chi connectivity index (χ3v) is 5.26. The van der Waals surface area contributed by atoms with Crippen molar-refractivity contribution < 1.29 is 17.5 Å². The van der Waals surface area contributed by atoms with Gasteiger partial charge in [0.05, 0.1) is 21.9 Å². The second-order valence-corrected chi connectivity index (χ2v) is 7.77. The van der Waals surface area contributed by atoms with Crippen LogP contribution in [0.5, 0.6) is 0 Å². The number of hydrogen-bond donors (Lipinski definition) is 0. The van der Waals surface area contributed by atoms with Crippen LogP contribution in [0.1, 0.15) is 24.1 Å². The summed E-state index contributed by atoms with van der Waals surface area (Å²) in [6, 6.07) is 3.80. The minimum atomic E-state index is -4.12. The maximum Gasteiger partial charge on any atom is 0.210 e. The van der Waals surface area contributed by atoms with E-state index in [0.717, 1.165) is 16.1 Å². The van der Waals surface area contributed by atoms with E-state index < -0.39 is 10.1 Å². The lowest BCUT2D eigenvalue weighted by molar-refractivity contribution is -0.697. The van der Waals surface area contributed by atoms with Gasteiger partial charge in [-0.2, -0.15) is 5.10 Å². The smallest absolute Gasteiger partial charge is 0.210 e. The second kappa shape index (κ2) is 8.32. The molecular weight excluding hydrogens is 348 g/mol. The first-order valence-electron chi connectivity index (χ1n) is 7.46. The Morgan fingerprint density at radius 3 is 2.88 bits per heavy atom. The molecule has 2 rings (SSSR count). The number of aromatic nitrogens is 2. The van der Waals surface area contributed by atoms with Crippen molar-refractivity contribution in [2.45, 2.75) is 26.3 Å². The molecule has 0 atom stereocenters. The van der Waals surface area contributed by atoms with Gasteiger partial charge in [0.25, 0.3) is 0 Å². The molecule has 0 spiro atoms. The summed E-state index contributed by atoms with van der Waals surface area (Å²) >= 11 is 1.53. The molecule has 24 heavy (non-hydrogen) atoms. The molecule has 0 fully saturated rings. The fourth-order valence-electron chi connectivity index (χ4n) is 2.01. The highest BCUT2D eigenvalue weighted by Gasteiger charge is 2.03. The van der Waals surface area contributed by atoms with Crippen LogP contribution in [0, 0.1) is 6.92 Å². The average Bonchev–Trinajstić information content (AvgIpc) is 2.83. The van der Waals surface area contributed by atoms with E-state index in [-0.39, 0.29) is 5.75 Å². The topological polar surface area (TPSA) is 90.7 Å². The Hall–Kier alpha value is -1.84. The Bertz CT molecular complexity index is 882. The van der Waals surface area contributed by atoms with Gasteiger partial charge in [-0.05, 0) is 19.4 Å². The first-order chi connectivity index (χ1) is 11.3. The Balaban J connectivity index is 1.96. The summed E-state index contributed by atoms with van der Waals surface area (Å²) in [6.07, 6.45) is 6.46. The molecule has 7 nitrogen and oxygen atoms in total. The summed E-state index contributed by atoms with van der Waals surface area (Å²) in [5.74, 6) is -0.315. The van der Waals surface area contributed by atoms with Gasteiger partial charge in [-0.25, -0.2) is 13.0 Å². The quantitative estimate of drug-likeness (QED) is 0.239. The van der Waals surface area contributed by atoms with Gasteiger partial charge in [0, 0.05) is 36.4 Å². The van der Waals surface area contributed by atoms with Crippen LogP contribution in [-0.2, 0) is 23.7 Å². The molecule has 0 aromatic carbocycles. The highest BCUT2D eigenvalue weighted by Crippen LogP contribution is 1.97. The largest absolute Gasteiger partial charge is 0.748 e. The van der Waals surface area contributed by atoms with E-state index in [2.05, 4.69) is 10.2 Å². The molecule has 2 aromatic rings. The highest BCUT2D eigenvalue weighted by molar-refractivity contribution is 7.85. The molecule has 130 valence electrons. The lowest BCUT2D eigenvalue weighted by Gasteiger charge is -2.04. The van der Waals surface area contributed by atoms with Crippen LogP contribution >= 0.6 is 11.3 Å². The Labute approximate surface area is 145 Å². The monoisotopic (exact) mass is 368 g/mol. The molecule has 0 saturated carbocycles. The zero-order valence-corrected chi connectivity index (χ0v) is 15.3. The Morgan fingerprint density at radius 2 is 2.21 bits per heavy atom. The number of nitrogens with zero attached hydrogens (tertiary/aromatic N) is 4. The van der Waals surface area contributed by atoms with E-state index in [1.54, 1.807) is 6.21 Å². The Morgan fingerprint density at radius 1 is 1.42 bits per heavy atom. The van der Waals surface area contributed by atoms with Gasteiger partial charge in [-0.1, -0.05) is 0 Å². The molecule has 0 unspecified atom stereocenters. The molecule has 0 radical (unpaired) electrons. The summed E-state index contributed by atoms with van der Waals surface area (Å²) in [5, 5.41) is 10.3. The van der Waals surface area contributed by atoms with Gasteiger partial charge in [0.1, 0.15) is 6.54 Å². The van der Waals surface area contributed by atoms with E-state index in [4.69, 9.17) is 0 Å². The van der Waals surface area contributed by atoms with Gasteiger partial charge in [-0.15, -0.1) is 16.4 Å². The maximum atomic E-state index is 10.6. The molecule has 2 heterocycles. The minimum absolute atomic E-state index is 0.315. The summed E-state index contributed by atoms with van der Waals surface area (Å²) in [7, 11) is -2.18. The Kier molecular flexibility index (Phi) is 6.41. The third kappa shape index (κ3) is 5.99. The zero-order valence-electron chi connectivity index (χ0n) is 13.6. The molecule has 9 heteroatoms. The number of thiazole rings is 1. The molecule has 0 aliphatic heterocycles. The molecule has 0 N–H and O–H groups in total. The van der Waals surface area contributed by atoms with Crippen LogP contribution in [0.15, 0.2) is 40.1 Å². The van der Waals surface area contributed by atoms with Gasteiger partial charge >= 0.3 is 0 Å². The summed E-state index contributed by atoms with van der Waals surface area (Å²) < 4.78 is 35.6. The molecular formula is C15H20N4O3S2. The van der Waals surface area contributed by atoms with E-state index in [1.807, 2.05) is 53.0 Å².